The average molecular weight is 215 g/mol. The highest BCUT2D eigenvalue weighted by Gasteiger charge is 2.05. The molecule has 0 aliphatic rings. The van der Waals surface area contributed by atoms with Crippen molar-refractivity contribution in [1.29, 1.82) is 0 Å². The lowest BCUT2D eigenvalue weighted by atomic mass is 10.0. The third-order valence-corrected chi connectivity index (χ3v) is 2.54. The Bertz CT molecular complexity index is 426. The molecule has 0 aromatic heterocycles. The molecule has 4 nitrogen and oxygen atoms in total. The van der Waals surface area contributed by atoms with Gasteiger partial charge in [-0.1, -0.05) is 18.2 Å². The van der Waals surface area contributed by atoms with E-state index in [4.69, 9.17) is 5.14 Å². The predicted octanol–water partition coefficient (Wildman–Crippen LogP) is 1.02. The largest absolute Gasteiger partial charge is 0.333 e. The monoisotopic (exact) mass is 215 g/mol. The molecule has 0 aliphatic heterocycles. The number of hydrogen-bond acceptors (Lipinski definition) is 3. The van der Waals surface area contributed by atoms with Gasteiger partial charge in [-0.15, -0.1) is 0 Å². The van der Waals surface area contributed by atoms with Gasteiger partial charge in [-0.2, -0.15) is 8.42 Å². The van der Waals surface area contributed by atoms with Crippen LogP contribution in [0.1, 0.15) is 16.7 Å². The van der Waals surface area contributed by atoms with E-state index in [1.807, 2.05) is 32.0 Å². The van der Waals surface area contributed by atoms with E-state index in [0.717, 1.165) is 16.7 Å². The zero-order valence-electron chi connectivity index (χ0n) is 8.15. The highest BCUT2D eigenvalue weighted by atomic mass is 32.2. The van der Waals surface area contributed by atoms with Crippen molar-refractivity contribution in [2.24, 2.45) is 5.14 Å². The minimum Gasteiger partial charge on any atom is -0.253 e. The van der Waals surface area contributed by atoms with E-state index in [9.17, 15) is 8.42 Å². The summed E-state index contributed by atoms with van der Waals surface area (Å²) in [6.45, 7) is 3.86. The molecule has 1 aromatic rings. The maximum atomic E-state index is 10.6. The maximum absolute atomic E-state index is 10.6. The molecule has 1 aromatic carbocycles. The Hall–Kier alpha value is -0.910. The van der Waals surface area contributed by atoms with Crippen LogP contribution in [-0.4, -0.2) is 8.42 Å². The second kappa shape index (κ2) is 4.08. The van der Waals surface area contributed by atoms with Gasteiger partial charge >= 0.3 is 10.3 Å². The van der Waals surface area contributed by atoms with Gasteiger partial charge in [-0.3, -0.25) is 4.18 Å². The number of hydrogen-bond donors (Lipinski definition) is 1. The van der Waals surface area contributed by atoms with Gasteiger partial charge in [0.1, 0.15) is 0 Å². The fourth-order valence-corrected chi connectivity index (χ4v) is 1.41. The summed E-state index contributed by atoms with van der Waals surface area (Å²) in [5.41, 5.74) is 2.95. The Morgan fingerprint density at radius 1 is 1.36 bits per heavy atom. The summed E-state index contributed by atoms with van der Waals surface area (Å²) in [7, 11) is -3.85. The zero-order valence-corrected chi connectivity index (χ0v) is 8.97. The summed E-state index contributed by atoms with van der Waals surface area (Å²) >= 11 is 0. The van der Waals surface area contributed by atoms with Crippen molar-refractivity contribution in [1.82, 2.24) is 0 Å². The zero-order chi connectivity index (χ0) is 10.8. The molecule has 1 rings (SSSR count). The van der Waals surface area contributed by atoms with Crippen LogP contribution in [0.5, 0.6) is 0 Å². The summed E-state index contributed by atoms with van der Waals surface area (Å²) in [4.78, 5) is 0. The Labute approximate surface area is 83.9 Å². The number of benzene rings is 1. The quantitative estimate of drug-likeness (QED) is 0.818. The fraction of sp³-hybridized carbons (Fsp3) is 0.333. The average Bonchev–Trinajstić information content (AvgIpc) is 2.06. The van der Waals surface area contributed by atoms with Crippen LogP contribution in [0.3, 0.4) is 0 Å². The van der Waals surface area contributed by atoms with Crippen LogP contribution in [0.15, 0.2) is 18.2 Å². The highest BCUT2D eigenvalue weighted by molar-refractivity contribution is 7.84. The van der Waals surface area contributed by atoms with Crippen LogP contribution in [0.25, 0.3) is 0 Å². The van der Waals surface area contributed by atoms with Crippen LogP contribution in [0.2, 0.25) is 0 Å². The van der Waals surface area contributed by atoms with E-state index in [0.29, 0.717) is 0 Å². The van der Waals surface area contributed by atoms with Gasteiger partial charge in [0.05, 0.1) is 6.61 Å². The molecule has 0 heterocycles. The molecule has 0 unspecified atom stereocenters. The summed E-state index contributed by atoms with van der Waals surface area (Å²) in [6.07, 6.45) is 0. The normalized spacial score (nSPS) is 11.6. The topological polar surface area (TPSA) is 69.4 Å². The third kappa shape index (κ3) is 3.10. The standard InChI is InChI=1S/C9H13NO3S/c1-7-4-3-5-9(8(7)2)6-13-14(10,11)12/h3-5H,6H2,1-2H3,(H2,10,11,12). The Balaban J connectivity index is 2.83. The lowest BCUT2D eigenvalue weighted by molar-refractivity contribution is 0.308. The molecule has 2 N–H and O–H groups in total. The minimum atomic E-state index is -3.85. The molecular weight excluding hydrogens is 202 g/mol. The van der Waals surface area contributed by atoms with Crippen molar-refractivity contribution in [2.45, 2.75) is 20.5 Å². The van der Waals surface area contributed by atoms with Crippen LogP contribution < -0.4 is 5.14 Å². The molecule has 0 aliphatic carbocycles. The molecule has 0 bridgehead atoms. The first-order valence-electron chi connectivity index (χ1n) is 4.12. The van der Waals surface area contributed by atoms with E-state index in [1.54, 1.807) is 0 Å². The van der Waals surface area contributed by atoms with Crippen molar-refractivity contribution in [3.05, 3.63) is 34.9 Å². The lowest BCUT2D eigenvalue weighted by Gasteiger charge is -2.07. The molecular formula is C9H13NO3S. The first-order chi connectivity index (χ1) is 6.40. The molecule has 0 radical (unpaired) electrons. The van der Waals surface area contributed by atoms with Gasteiger partial charge in [0, 0.05) is 0 Å². The Kier molecular flexibility index (Phi) is 3.25. The molecule has 5 heteroatoms. The predicted molar refractivity (Wildman–Crippen MR) is 53.8 cm³/mol. The van der Waals surface area contributed by atoms with E-state index in [1.165, 1.54) is 0 Å². The highest BCUT2D eigenvalue weighted by Crippen LogP contribution is 2.13. The smallest absolute Gasteiger partial charge is 0.253 e. The second-order valence-corrected chi connectivity index (χ2v) is 4.34. The van der Waals surface area contributed by atoms with Crippen molar-refractivity contribution in [3.8, 4) is 0 Å². The van der Waals surface area contributed by atoms with Crippen molar-refractivity contribution >= 4 is 10.3 Å². The first-order valence-corrected chi connectivity index (χ1v) is 5.59. The van der Waals surface area contributed by atoms with Crippen LogP contribution in [0, 0.1) is 13.8 Å². The van der Waals surface area contributed by atoms with Crippen molar-refractivity contribution < 1.29 is 12.6 Å². The van der Waals surface area contributed by atoms with Crippen molar-refractivity contribution in [3.63, 3.8) is 0 Å². The Morgan fingerprint density at radius 2 is 2.00 bits per heavy atom. The van der Waals surface area contributed by atoms with Crippen LogP contribution in [-0.2, 0) is 21.1 Å². The second-order valence-electron chi connectivity index (χ2n) is 3.11. The number of nitrogens with two attached hydrogens (primary N) is 1. The molecule has 14 heavy (non-hydrogen) atoms. The first kappa shape index (κ1) is 11.2. The lowest BCUT2D eigenvalue weighted by Crippen LogP contribution is -2.15. The van der Waals surface area contributed by atoms with Gasteiger partial charge < -0.3 is 0 Å². The number of aryl methyl sites for hydroxylation is 1. The van der Waals surface area contributed by atoms with Crippen LogP contribution >= 0.6 is 0 Å². The molecule has 0 amide bonds. The summed E-state index contributed by atoms with van der Waals surface area (Å²) in [5, 5.41) is 4.72. The van der Waals surface area contributed by atoms with Gasteiger partial charge in [0.2, 0.25) is 0 Å². The van der Waals surface area contributed by atoms with Crippen molar-refractivity contribution in [2.75, 3.05) is 0 Å². The maximum Gasteiger partial charge on any atom is 0.333 e. The number of rotatable bonds is 3. The van der Waals surface area contributed by atoms with Crippen LogP contribution in [0.4, 0.5) is 0 Å². The minimum absolute atomic E-state index is 0.00759. The molecule has 0 atom stereocenters. The van der Waals surface area contributed by atoms with Gasteiger partial charge in [-0.25, -0.2) is 5.14 Å². The van der Waals surface area contributed by atoms with E-state index in [2.05, 4.69) is 4.18 Å². The summed E-state index contributed by atoms with van der Waals surface area (Å²) in [5.74, 6) is 0. The van der Waals surface area contributed by atoms with E-state index in [-0.39, 0.29) is 6.61 Å². The summed E-state index contributed by atoms with van der Waals surface area (Å²) in [6, 6.07) is 5.62. The molecule has 0 fully saturated rings. The van der Waals surface area contributed by atoms with E-state index >= 15 is 0 Å². The van der Waals surface area contributed by atoms with E-state index < -0.39 is 10.3 Å². The molecule has 0 spiro atoms. The molecule has 0 saturated carbocycles. The third-order valence-electron chi connectivity index (χ3n) is 2.10. The molecule has 0 saturated heterocycles. The fourth-order valence-electron chi connectivity index (χ4n) is 1.11. The van der Waals surface area contributed by atoms with Gasteiger partial charge in [0.25, 0.3) is 0 Å². The van der Waals surface area contributed by atoms with Gasteiger partial charge in [0.15, 0.2) is 0 Å². The molecule has 78 valence electrons. The Morgan fingerprint density at radius 3 is 2.57 bits per heavy atom. The van der Waals surface area contributed by atoms with Gasteiger partial charge in [-0.05, 0) is 30.5 Å². The summed E-state index contributed by atoms with van der Waals surface area (Å²) < 4.78 is 25.6. The SMILES string of the molecule is Cc1cccc(COS(N)(=O)=O)c1C.